The minimum Gasteiger partial charge on any atom is -0.362 e. The van der Waals surface area contributed by atoms with Crippen LogP contribution in [-0.2, 0) is 0 Å². The minimum atomic E-state index is 0.109. The Labute approximate surface area is 124 Å². The molecule has 4 heteroatoms. The summed E-state index contributed by atoms with van der Waals surface area (Å²) in [6.07, 6.45) is 1.69. The Bertz CT molecular complexity index is 602. The SMILES string of the molecule is CCSc1ccc(C(C)Nc2ncccc2C#N)cc1. The summed E-state index contributed by atoms with van der Waals surface area (Å²) < 4.78 is 0. The van der Waals surface area contributed by atoms with Gasteiger partial charge in [-0.05, 0) is 42.5 Å². The summed E-state index contributed by atoms with van der Waals surface area (Å²) in [5, 5.41) is 12.4. The molecule has 1 aromatic heterocycles. The summed E-state index contributed by atoms with van der Waals surface area (Å²) in [6.45, 7) is 4.21. The van der Waals surface area contributed by atoms with Crippen molar-refractivity contribution < 1.29 is 0 Å². The van der Waals surface area contributed by atoms with Gasteiger partial charge in [0.15, 0.2) is 0 Å². The van der Waals surface area contributed by atoms with Crippen molar-refractivity contribution in [3.05, 3.63) is 53.7 Å². The van der Waals surface area contributed by atoms with E-state index >= 15 is 0 Å². The van der Waals surface area contributed by atoms with Crippen LogP contribution in [0, 0.1) is 11.3 Å². The number of nitrogens with zero attached hydrogens (tertiary/aromatic N) is 2. The number of thioether (sulfide) groups is 1. The normalized spacial score (nSPS) is 11.7. The predicted octanol–water partition coefficient (Wildman–Crippen LogP) is 4.24. The first-order valence-corrected chi connectivity index (χ1v) is 7.57. The van der Waals surface area contributed by atoms with Crippen molar-refractivity contribution in [1.29, 1.82) is 5.26 Å². The number of hydrogen-bond donors (Lipinski definition) is 1. The first-order chi connectivity index (χ1) is 9.74. The molecule has 1 N–H and O–H groups in total. The van der Waals surface area contributed by atoms with Gasteiger partial charge in [0.1, 0.15) is 11.9 Å². The Morgan fingerprint density at radius 1 is 1.30 bits per heavy atom. The Morgan fingerprint density at radius 3 is 2.70 bits per heavy atom. The van der Waals surface area contributed by atoms with Gasteiger partial charge in [-0.2, -0.15) is 5.26 Å². The van der Waals surface area contributed by atoms with Crippen molar-refractivity contribution in [2.75, 3.05) is 11.1 Å². The molecule has 0 amide bonds. The van der Waals surface area contributed by atoms with E-state index in [0.29, 0.717) is 11.4 Å². The van der Waals surface area contributed by atoms with Gasteiger partial charge in [0.25, 0.3) is 0 Å². The average Bonchev–Trinajstić information content (AvgIpc) is 2.49. The van der Waals surface area contributed by atoms with E-state index < -0.39 is 0 Å². The molecule has 0 radical (unpaired) electrons. The average molecular weight is 283 g/mol. The second-order valence-corrected chi connectivity index (χ2v) is 5.72. The lowest BCUT2D eigenvalue weighted by Gasteiger charge is -2.16. The number of pyridine rings is 1. The largest absolute Gasteiger partial charge is 0.362 e. The molecule has 0 saturated carbocycles. The van der Waals surface area contributed by atoms with Crippen LogP contribution in [0.15, 0.2) is 47.5 Å². The highest BCUT2D eigenvalue weighted by Gasteiger charge is 2.09. The molecule has 2 aromatic rings. The van der Waals surface area contributed by atoms with Crippen LogP contribution in [-0.4, -0.2) is 10.7 Å². The van der Waals surface area contributed by atoms with Gasteiger partial charge in [0.05, 0.1) is 5.56 Å². The van der Waals surface area contributed by atoms with Crippen LogP contribution in [0.1, 0.15) is 31.0 Å². The highest BCUT2D eigenvalue weighted by atomic mass is 32.2. The minimum absolute atomic E-state index is 0.109. The van der Waals surface area contributed by atoms with Crippen LogP contribution < -0.4 is 5.32 Å². The van der Waals surface area contributed by atoms with E-state index in [4.69, 9.17) is 5.26 Å². The second-order valence-electron chi connectivity index (χ2n) is 4.38. The molecule has 0 aliphatic heterocycles. The Balaban J connectivity index is 2.11. The standard InChI is InChI=1S/C16H17N3S/c1-3-20-15-8-6-13(7-9-15)12(2)19-16-14(11-17)5-4-10-18-16/h4-10,12H,3H2,1-2H3,(H,18,19). The molecule has 102 valence electrons. The third-order valence-electron chi connectivity index (χ3n) is 2.97. The van der Waals surface area contributed by atoms with Crippen molar-refractivity contribution in [3.63, 3.8) is 0 Å². The molecule has 1 aromatic carbocycles. The van der Waals surface area contributed by atoms with Crippen molar-refractivity contribution >= 4 is 17.6 Å². The number of aromatic nitrogens is 1. The maximum atomic E-state index is 9.06. The quantitative estimate of drug-likeness (QED) is 0.834. The molecule has 2 rings (SSSR count). The van der Waals surface area contributed by atoms with Gasteiger partial charge in [-0.25, -0.2) is 4.98 Å². The van der Waals surface area contributed by atoms with Gasteiger partial charge in [-0.1, -0.05) is 19.1 Å². The van der Waals surface area contributed by atoms with Gasteiger partial charge in [-0.3, -0.25) is 0 Å². The molecule has 1 heterocycles. The highest BCUT2D eigenvalue weighted by molar-refractivity contribution is 7.99. The zero-order valence-electron chi connectivity index (χ0n) is 11.6. The van der Waals surface area contributed by atoms with Crippen LogP contribution >= 0.6 is 11.8 Å². The summed E-state index contributed by atoms with van der Waals surface area (Å²) in [6, 6.07) is 14.3. The molecule has 20 heavy (non-hydrogen) atoms. The number of anilines is 1. The lowest BCUT2D eigenvalue weighted by atomic mass is 10.1. The van der Waals surface area contributed by atoms with Crippen LogP contribution in [0.2, 0.25) is 0 Å². The smallest absolute Gasteiger partial charge is 0.144 e. The lowest BCUT2D eigenvalue weighted by molar-refractivity contribution is 0.871. The number of nitrogens with one attached hydrogen (secondary N) is 1. The van der Waals surface area contributed by atoms with Crippen LogP contribution in [0.5, 0.6) is 0 Å². The summed E-state index contributed by atoms with van der Waals surface area (Å²) >= 11 is 1.83. The summed E-state index contributed by atoms with van der Waals surface area (Å²) in [5.41, 5.74) is 1.75. The Kier molecular flexibility index (Phi) is 5.03. The van der Waals surface area contributed by atoms with Crippen molar-refractivity contribution in [1.82, 2.24) is 4.98 Å². The molecule has 0 fully saturated rings. The number of hydrogen-bond acceptors (Lipinski definition) is 4. The van der Waals surface area contributed by atoms with Gasteiger partial charge >= 0.3 is 0 Å². The molecule has 3 nitrogen and oxygen atoms in total. The van der Waals surface area contributed by atoms with E-state index in [1.54, 1.807) is 18.3 Å². The van der Waals surface area contributed by atoms with Gasteiger partial charge in [0, 0.05) is 17.1 Å². The van der Waals surface area contributed by atoms with E-state index in [-0.39, 0.29) is 6.04 Å². The molecule has 0 bridgehead atoms. The number of rotatable bonds is 5. The molecule has 1 atom stereocenters. The molecular weight excluding hydrogens is 266 g/mol. The summed E-state index contributed by atoms with van der Waals surface area (Å²) in [7, 11) is 0. The number of nitriles is 1. The van der Waals surface area contributed by atoms with E-state index in [0.717, 1.165) is 5.75 Å². The molecule has 0 aliphatic carbocycles. The highest BCUT2D eigenvalue weighted by Crippen LogP contribution is 2.23. The van der Waals surface area contributed by atoms with Gasteiger partial charge in [-0.15, -0.1) is 11.8 Å². The molecule has 1 unspecified atom stereocenters. The second kappa shape index (κ2) is 6.97. The first kappa shape index (κ1) is 14.4. The predicted molar refractivity (Wildman–Crippen MR) is 83.8 cm³/mol. The van der Waals surface area contributed by atoms with Crippen LogP contribution in [0.4, 0.5) is 5.82 Å². The summed E-state index contributed by atoms with van der Waals surface area (Å²) in [4.78, 5) is 5.50. The van der Waals surface area contributed by atoms with Crippen molar-refractivity contribution in [2.24, 2.45) is 0 Å². The van der Waals surface area contributed by atoms with Gasteiger partial charge < -0.3 is 5.32 Å². The Hall–Kier alpha value is -1.99. The van der Waals surface area contributed by atoms with Crippen LogP contribution in [0.3, 0.4) is 0 Å². The van der Waals surface area contributed by atoms with E-state index in [9.17, 15) is 0 Å². The number of benzene rings is 1. The van der Waals surface area contributed by atoms with Crippen molar-refractivity contribution in [3.8, 4) is 6.07 Å². The topological polar surface area (TPSA) is 48.7 Å². The first-order valence-electron chi connectivity index (χ1n) is 6.59. The third-order valence-corrected chi connectivity index (χ3v) is 3.87. The third kappa shape index (κ3) is 3.52. The molecule has 0 spiro atoms. The fourth-order valence-corrected chi connectivity index (χ4v) is 2.58. The fraction of sp³-hybridized carbons (Fsp3) is 0.250. The Morgan fingerprint density at radius 2 is 2.05 bits per heavy atom. The van der Waals surface area contributed by atoms with E-state index in [1.807, 2.05) is 11.8 Å². The molecule has 0 aliphatic rings. The molecule has 0 saturated heterocycles. The molecular formula is C16H17N3S. The lowest BCUT2D eigenvalue weighted by Crippen LogP contribution is -2.09. The van der Waals surface area contributed by atoms with E-state index in [2.05, 4.69) is 54.5 Å². The maximum absolute atomic E-state index is 9.06. The van der Waals surface area contributed by atoms with Crippen molar-refractivity contribution in [2.45, 2.75) is 24.8 Å². The van der Waals surface area contributed by atoms with E-state index in [1.165, 1.54) is 10.5 Å². The monoisotopic (exact) mass is 283 g/mol. The maximum Gasteiger partial charge on any atom is 0.144 e. The van der Waals surface area contributed by atoms with Gasteiger partial charge in [0.2, 0.25) is 0 Å². The fourth-order valence-electron chi connectivity index (χ4n) is 1.92. The van der Waals surface area contributed by atoms with Crippen LogP contribution in [0.25, 0.3) is 0 Å². The zero-order chi connectivity index (χ0) is 14.4. The zero-order valence-corrected chi connectivity index (χ0v) is 12.4. The summed E-state index contributed by atoms with van der Waals surface area (Å²) in [5.74, 6) is 1.71.